The maximum absolute atomic E-state index is 15.4. The third-order valence-electron chi connectivity index (χ3n) is 13.9. The molecule has 0 aliphatic carbocycles. The van der Waals surface area contributed by atoms with Gasteiger partial charge in [0.2, 0.25) is 0 Å². The Kier molecular flexibility index (Phi) is 17.6. The van der Waals surface area contributed by atoms with E-state index in [1.165, 1.54) is 35.6 Å². The minimum Gasteiger partial charge on any atom is -0.497 e. The second-order valence-corrected chi connectivity index (χ2v) is 26.3. The van der Waals surface area contributed by atoms with Gasteiger partial charge < -0.3 is 32.8 Å². The quantitative estimate of drug-likeness (QED) is 0.0263. The summed E-state index contributed by atoms with van der Waals surface area (Å²) in [5.41, 5.74) is 0.639. The first-order valence-corrected chi connectivity index (χ1v) is 29.4. The monoisotopic (exact) mass is 1100 g/mol. The number of benzene rings is 3. The number of nitrogens with zero attached hydrogens (tertiary/aromatic N) is 5. The van der Waals surface area contributed by atoms with Crippen LogP contribution in [0.1, 0.15) is 68.3 Å². The van der Waals surface area contributed by atoms with E-state index in [2.05, 4.69) is 72.3 Å². The molecule has 0 bridgehead atoms. The van der Waals surface area contributed by atoms with E-state index in [4.69, 9.17) is 46.4 Å². The maximum Gasteiger partial charge on any atom is 0.475 e. The van der Waals surface area contributed by atoms with Crippen molar-refractivity contribution in [3.63, 3.8) is 0 Å². The topological polar surface area (TPSA) is 237 Å². The highest BCUT2D eigenvalue weighted by molar-refractivity contribution is 7.48. The van der Waals surface area contributed by atoms with Crippen molar-refractivity contribution in [2.45, 2.75) is 101 Å². The molecule has 2 aliphatic rings. The highest BCUT2D eigenvalue weighted by Crippen LogP contribution is 2.55. The van der Waals surface area contributed by atoms with Crippen LogP contribution in [0, 0.1) is 6.92 Å². The van der Waals surface area contributed by atoms with E-state index >= 15 is 4.57 Å². The summed E-state index contributed by atoms with van der Waals surface area (Å²) < 4.78 is 81.1. The smallest absolute Gasteiger partial charge is 0.475 e. The zero-order valence-corrected chi connectivity index (χ0v) is 46.3. The van der Waals surface area contributed by atoms with Crippen LogP contribution in [0.15, 0.2) is 133 Å². The predicted molar refractivity (Wildman–Crippen MR) is 289 cm³/mol. The Bertz CT molecular complexity index is 3140. The molecule has 5 heterocycles. The molecule has 3 aromatic carbocycles. The van der Waals surface area contributed by atoms with Crippen molar-refractivity contribution < 1.29 is 55.8 Å². The van der Waals surface area contributed by atoms with Crippen molar-refractivity contribution in [3.8, 4) is 11.5 Å². The summed E-state index contributed by atoms with van der Waals surface area (Å²) in [6.07, 6.45) is 1.12. The first-order chi connectivity index (χ1) is 36.8. The summed E-state index contributed by atoms with van der Waals surface area (Å²) in [6.45, 7) is 18.7. The molecule has 3 aromatic heterocycles. The van der Waals surface area contributed by atoms with Crippen molar-refractivity contribution >= 4 is 39.2 Å². The lowest BCUT2D eigenvalue weighted by molar-refractivity contribution is -0.0946. The van der Waals surface area contributed by atoms with Gasteiger partial charge in [-0.2, -0.15) is 0 Å². The lowest BCUT2D eigenvalue weighted by Crippen LogP contribution is -2.46. The Balaban J connectivity index is 1.17. The lowest BCUT2D eigenvalue weighted by Gasteiger charge is -2.39. The molecular formula is C54H66N7O14PSi. The number of carbonyl (C=O) groups excluding carboxylic acids is 1. The van der Waals surface area contributed by atoms with Crippen molar-refractivity contribution in [1.82, 2.24) is 29.1 Å². The number of H-pyrrole nitrogens is 1. The molecule has 1 unspecified atom stereocenters. The van der Waals surface area contributed by atoms with Crippen molar-refractivity contribution in [3.05, 3.63) is 166 Å². The van der Waals surface area contributed by atoms with E-state index in [0.717, 1.165) is 16.7 Å². The molecule has 0 spiro atoms. The number of methoxy groups -OCH3 is 2. The zero-order valence-electron chi connectivity index (χ0n) is 44.4. The van der Waals surface area contributed by atoms with Gasteiger partial charge in [-0.1, -0.05) is 94.1 Å². The second kappa shape index (κ2) is 24.0. The fourth-order valence-electron chi connectivity index (χ4n) is 8.91. The van der Waals surface area contributed by atoms with E-state index in [1.807, 2.05) is 78.9 Å². The van der Waals surface area contributed by atoms with Crippen LogP contribution in [-0.4, -0.2) is 109 Å². The third kappa shape index (κ3) is 12.6. The van der Waals surface area contributed by atoms with Gasteiger partial charge in [-0.25, -0.2) is 29.1 Å². The number of aromatic amines is 1. The Morgan fingerprint density at radius 1 is 0.818 bits per heavy atom. The number of phosphoric acid groups is 1. The molecule has 8 rings (SSSR count). The molecule has 0 radical (unpaired) electrons. The number of amides is 1. The minimum absolute atomic E-state index is 0.0232. The Hall–Kier alpha value is -6.59. The fraction of sp³-hybridized carbons (Fsp3) is 0.407. The first-order valence-electron chi connectivity index (χ1n) is 25.0. The fourth-order valence-corrected chi connectivity index (χ4v) is 11.6. The summed E-state index contributed by atoms with van der Waals surface area (Å²) in [5.74, 6) is 1.36. The first kappa shape index (κ1) is 56.6. The summed E-state index contributed by atoms with van der Waals surface area (Å²) >= 11 is 0. The zero-order chi connectivity index (χ0) is 55.1. The van der Waals surface area contributed by atoms with Crippen LogP contribution in [0.4, 0.5) is 10.6 Å². The molecule has 21 nitrogen and oxygen atoms in total. The number of phosphoric ester groups is 1. The van der Waals surface area contributed by atoms with Gasteiger partial charge in [0, 0.05) is 24.6 Å². The van der Waals surface area contributed by atoms with E-state index in [9.17, 15) is 14.4 Å². The van der Waals surface area contributed by atoms with E-state index < -0.39 is 76.0 Å². The van der Waals surface area contributed by atoms with Crippen molar-refractivity contribution in [1.29, 1.82) is 0 Å². The van der Waals surface area contributed by atoms with Crippen LogP contribution < -0.4 is 26.0 Å². The average molecular weight is 1100 g/mol. The number of anilines is 1. The number of imidazole rings is 1. The van der Waals surface area contributed by atoms with Crippen molar-refractivity contribution in [2.24, 2.45) is 0 Å². The van der Waals surface area contributed by atoms with Gasteiger partial charge in [0.15, 0.2) is 25.3 Å². The Labute approximate surface area is 447 Å². The van der Waals surface area contributed by atoms with E-state index in [-0.39, 0.29) is 55.6 Å². The maximum atomic E-state index is 15.4. The Morgan fingerprint density at radius 3 is 2.03 bits per heavy atom. The van der Waals surface area contributed by atoms with Gasteiger partial charge in [-0.15, -0.1) is 6.58 Å². The highest BCUT2D eigenvalue weighted by atomic mass is 31.2. The molecule has 410 valence electrons. The lowest BCUT2D eigenvalue weighted by atomic mass is 9.80. The largest absolute Gasteiger partial charge is 0.497 e. The standard InChI is InChI=1S/C54H66N7O14PSi/c1-11-26-68-52(64)58-48-47-49(56-33-55-48)61(34-57-47)46-28-41(43(72-46)31-69-54(36-16-14-13-15-17-36,37-18-22-39(66-7)23-19-37)38-20-24-40(67-8)25-21-38)74-76(65,70-27-12-2)71-32-44-42(75-77(9,10)53(4,5)6)29-45(73-44)60-30-35(3)50(62)59-51(60)63/h11-25,30,33-34,41-46H,1-2,26-29,31-32H2,3-10H3,(H,59,62,63)(H,55,56,58,64)/t41-,42-,43+,44+,45+,46+,76?/m0/s1. The summed E-state index contributed by atoms with van der Waals surface area (Å²) in [6, 6.07) is 24.8. The normalized spacial score (nSPS) is 20.6. The van der Waals surface area contributed by atoms with Gasteiger partial charge >= 0.3 is 19.6 Å². The number of rotatable bonds is 23. The number of fused-ring (bicyclic) bond motifs is 1. The molecular weight excluding hydrogens is 1030 g/mol. The van der Waals surface area contributed by atoms with Crippen LogP contribution >= 0.6 is 7.82 Å². The number of aromatic nitrogens is 6. The second-order valence-electron chi connectivity index (χ2n) is 20.0. The molecule has 2 fully saturated rings. The van der Waals surface area contributed by atoms with Gasteiger partial charge in [0.05, 0.1) is 46.5 Å². The summed E-state index contributed by atoms with van der Waals surface area (Å²) in [7, 11) is -3.95. The van der Waals surface area contributed by atoms with Gasteiger partial charge in [0.1, 0.15) is 60.8 Å². The van der Waals surface area contributed by atoms with Crippen LogP contribution in [0.3, 0.4) is 0 Å². The number of hydrogen-bond donors (Lipinski definition) is 2. The van der Waals surface area contributed by atoms with Crippen molar-refractivity contribution in [2.75, 3.05) is 46.0 Å². The van der Waals surface area contributed by atoms with Gasteiger partial charge in [-0.3, -0.25) is 37.8 Å². The Morgan fingerprint density at radius 2 is 1.42 bits per heavy atom. The minimum atomic E-state index is -4.64. The molecule has 6 aromatic rings. The number of carbonyl (C=O) groups is 1. The number of hydrogen-bond acceptors (Lipinski definition) is 17. The van der Waals surface area contributed by atoms with Crippen LogP contribution in [0.2, 0.25) is 18.1 Å². The molecule has 23 heteroatoms. The average Bonchev–Trinajstić information content (AvgIpc) is 4.19. The van der Waals surface area contributed by atoms with E-state index in [0.29, 0.717) is 22.7 Å². The number of aryl methyl sites for hydroxylation is 1. The summed E-state index contributed by atoms with van der Waals surface area (Å²) in [4.78, 5) is 53.8. The third-order valence-corrected chi connectivity index (χ3v) is 19.9. The number of nitrogens with one attached hydrogen (secondary N) is 2. The molecule has 1 amide bonds. The SMILES string of the molecule is C=CCOC(=O)Nc1ncnc2c1ncn2[C@H]1C[C@H](OP(=O)(OCC=C)OC[C@H]2O[C@@H](n3cc(C)c(=O)[nH]c3=O)C[C@@H]2O[Si](C)(C)C(C)(C)C)[C@@H](COC(c2ccccc2)(c2ccc(OC)cc2)c2ccc(OC)cc2)O1. The van der Waals surface area contributed by atoms with E-state index in [1.54, 1.807) is 25.7 Å². The van der Waals surface area contributed by atoms with Crippen LogP contribution in [0.5, 0.6) is 11.5 Å². The molecule has 0 saturated carbocycles. The molecule has 2 saturated heterocycles. The van der Waals surface area contributed by atoms with Crippen LogP contribution in [0.25, 0.3) is 11.2 Å². The van der Waals surface area contributed by atoms with Crippen LogP contribution in [-0.2, 0) is 47.1 Å². The predicted octanol–water partition coefficient (Wildman–Crippen LogP) is 9.12. The highest BCUT2D eigenvalue weighted by Gasteiger charge is 2.49. The molecule has 2 aliphatic heterocycles. The van der Waals surface area contributed by atoms with Gasteiger partial charge in [-0.05, 0) is 66.0 Å². The molecule has 77 heavy (non-hydrogen) atoms. The summed E-state index contributed by atoms with van der Waals surface area (Å²) in [5, 5.41) is 2.39. The number of ether oxygens (including phenoxy) is 6. The van der Waals surface area contributed by atoms with Gasteiger partial charge in [0.25, 0.3) is 5.56 Å². The molecule has 2 N–H and O–H groups in total. The molecule has 7 atom stereocenters.